The zero-order valence-corrected chi connectivity index (χ0v) is 16.7. The van der Waals surface area contributed by atoms with Crippen molar-refractivity contribution in [1.82, 2.24) is 10.3 Å². The zero-order valence-electron chi connectivity index (χ0n) is 15.9. The first kappa shape index (κ1) is 20.5. The van der Waals surface area contributed by atoms with Crippen LogP contribution in [-0.4, -0.2) is 19.3 Å². The predicted molar refractivity (Wildman–Crippen MR) is 109 cm³/mol. The number of nitrogens with one attached hydrogen (secondary N) is 2. The second-order valence-corrected chi connectivity index (χ2v) is 8.23. The number of para-hydroxylation sites is 1. The highest BCUT2D eigenvalue weighted by atomic mass is 32.2. The molecule has 0 saturated carbocycles. The van der Waals surface area contributed by atoms with Crippen molar-refractivity contribution in [3.63, 3.8) is 0 Å². The molecule has 0 aliphatic rings. The summed E-state index contributed by atoms with van der Waals surface area (Å²) in [6.07, 6.45) is 3.29. The summed E-state index contributed by atoms with van der Waals surface area (Å²) in [6, 6.07) is 13.0. The second-order valence-electron chi connectivity index (χ2n) is 6.54. The van der Waals surface area contributed by atoms with Crippen LogP contribution in [0.4, 0.5) is 10.1 Å². The van der Waals surface area contributed by atoms with Crippen molar-refractivity contribution < 1.29 is 17.6 Å². The molecule has 0 bridgehead atoms. The number of rotatable bonds is 6. The number of sulfonamides is 1. The quantitative estimate of drug-likeness (QED) is 0.643. The lowest BCUT2D eigenvalue weighted by Crippen LogP contribution is -2.27. The maximum Gasteiger partial charge on any atom is 0.262 e. The molecule has 0 fully saturated rings. The second kappa shape index (κ2) is 8.40. The normalized spacial score (nSPS) is 12.2. The van der Waals surface area contributed by atoms with Crippen molar-refractivity contribution in [1.29, 1.82) is 0 Å². The molecule has 0 unspecified atom stereocenters. The first-order valence-corrected chi connectivity index (χ1v) is 10.3. The molecule has 0 aliphatic carbocycles. The van der Waals surface area contributed by atoms with Crippen molar-refractivity contribution in [2.45, 2.75) is 24.8 Å². The third-order valence-corrected chi connectivity index (χ3v) is 5.78. The molecular weight excluding hydrogens is 393 g/mol. The fourth-order valence-corrected chi connectivity index (χ4v) is 3.84. The summed E-state index contributed by atoms with van der Waals surface area (Å²) >= 11 is 0. The highest BCUT2D eigenvalue weighted by Gasteiger charge is 2.20. The van der Waals surface area contributed by atoms with Crippen LogP contribution in [-0.2, 0) is 10.0 Å². The van der Waals surface area contributed by atoms with Crippen LogP contribution in [0.3, 0.4) is 0 Å². The summed E-state index contributed by atoms with van der Waals surface area (Å²) < 4.78 is 41.4. The lowest BCUT2D eigenvalue weighted by Gasteiger charge is -2.16. The number of halogens is 1. The molecule has 2 N–H and O–H groups in total. The van der Waals surface area contributed by atoms with Gasteiger partial charge in [-0.05, 0) is 55.3 Å². The Hall–Kier alpha value is -3.26. The van der Waals surface area contributed by atoms with Crippen molar-refractivity contribution >= 4 is 21.6 Å². The van der Waals surface area contributed by atoms with Crippen LogP contribution in [0.15, 0.2) is 71.9 Å². The molecule has 3 rings (SSSR count). The molecule has 0 radical (unpaired) electrons. The van der Waals surface area contributed by atoms with Gasteiger partial charge >= 0.3 is 0 Å². The average molecular weight is 413 g/mol. The van der Waals surface area contributed by atoms with E-state index in [-0.39, 0.29) is 22.2 Å². The van der Waals surface area contributed by atoms with Crippen LogP contribution in [0, 0.1) is 12.7 Å². The summed E-state index contributed by atoms with van der Waals surface area (Å²) in [5, 5.41) is 2.84. The summed E-state index contributed by atoms with van der Waals surface area (Å²) in [6.45, 7) is 3.52. The van der Waals surface area contributed by atoms with Gasteiger partial charge in [0.2, 0.25) is 0 Å². The molecule has 29 heavy (non-hydrogen) atoms. The van der Waals surface area contributed by atoms with Gasteiger partial charge in [0.05, 0.1) is 16.6 Å². The van der Waals surface area contributed by atoms with E-state index in [1.54, 1.807) is 31.5 Å². The van der Waals surface area contributed by atoms with Gasteiger partial charge in [-0.2, -0.15) is 0 Å². The number of aryl methyl sites for hydroxylation is 1. The van der Waals surface area contributed by atoms with Crippen LogP contribution in [0.2, 0.25) is 0 Å². The number of anilines is 1. The Morgan fingerprint density at radius 3 is 2.55 bits per heavy atom. The van der Waals surface area contributed by atoms with E-state index in [0.717, 1.165) is 11.6 Å². The smallest absolute Gasteiger partial charge is 0.262 e. The third-order valence-electron chi connectivity index (χ3n) is 4.41. The largest absolute Gasteiger partial charge is 0.345 e. The summed E-state index contributed by atoms with van der Waals surface area (Å²) in [5.41, 5.74) is 1.50. The van der Waals surface area contributed by atoms with Gasteiger partial charge < -0.3 is 5.32 Å². The minimum absolute atomic E-state index is 0.134. The van der Waals surface area contributed by atoms with E-state index in [9.17, 15) is 17.6 Å². The molecule has 0 aliphatic heterocycles. The number of amides is 1. The van der Waals surface area contributed by atoms with Crippen molar-refractivity contribution in [3.8, 4) is 0 Å². The molecule has 1 heterocycles. The van der Waals surface area contributed by atoms with Crippen LogP contribution in [0.1, 0.15) is 34.5 Å². The van der Waals surface area contributed by atoms with Crippen LogP contribution < -0.4 is 10.0 Å². The third kappa shape index (κ3) is 4.78. The minimum Gasteiger partial charge on any atom is -0.345 e. The number of nitrogens with zero attached hydrogens (tertiary/aromatic N) is 1. The van der Waals surface area contributed by atoms with Gasteiger partial charge in [-0.1, -0.05) is 24.3 Å². The van der Waals surface area contributed by atoms with Gasteiger partial charge in [0, 0.05) is 18.0 Å². The number of aromatic nitrogens is 1. The fraction of sp³-hybridized carbons (Fsp3) is 0.143. The van der Waals surface area contributed by atoms with Crippen LogP contribution in [0.25, 0.3) is 0 Å². The van der Waals surface area contributed by atoms with Crippen molar-refractivity contribution in [2.24, 2.45) is 0 Å². The highest BCUT2D eigenvalue weighted by molar-refractivity contribution is 7.92. The predicted octanol–water partition coefficient (Wildman–Crippen LogP) is 3.82. The summed E-state index contributed by atoms with van der Waals surface area (Å²) in [5.74, 6) is -1.10. The molecule has 1 atom stereocenters. The maximum absolute atomic E-state index is 13.8. The van der Waals surface area contributed by atoms with Crippen LogP contribution >= 0.6 is 0 Å². The molecule has 8 heteroatoms. The molecule has 6 nitrogen and oxygen atoms in total. The van der Waals surface area contributed by atoms with Gasteiger partial charge in [0.25, 0.3) is 15.9 Å². The summed E-state index contributed by atoms with van der Waals surface area (Å²) in [4.78, 5) is 16.6. The Labute approximate surface area is 168 Å². The molecule has 2 aromatic carbocycles. The standard InChI is InChI=1S/C21H20FN3O3S/c1-14-9-10-17(29(27,28)25-20-8-4-3-7-19(20)22)12-18(14)21(26)24-15(2)16-6-5-11-23-13-16/h3-13,15,25H,1-2H3,(H,24,26)/t15-/m0/s1. The van der Waals surface area contributed by atoms with E-state index < -0.39 is 21.7 Å². The number of pyridine rings is 1. The van der Waals surface area contributed by atoms with E-state index in [4.69, 9.17) is 0 Å². The number of benzene rings is 2. The Kier molecular flexibility index (Phi) is 5.93. The number of hydrogen-bond donors (Lipinski definition) is 2. The monoisotopic (exact) mass is 413 g/mol. The molecule has 3 aromatic rings. The minimum atomic E-state index is -4.07. The Bertz CT molecular complexity index is 1130. The first-order chi connectivity index (χ1) is 13.8. The van der Waals surface area contributed by atoms with Crippen molar-refractivity contribution in [3.05, 3.63) is 89.5 Å². The summed E-state index contributed by atoms with van der Waals surface area (Å²) in [7, 11) is -4.07. The molecule has 1 aromatic heterocycles. The van der Waals surface area contributed by atoms with Gasteiger partial charge in [-0.3, -0.25) is 14.5 Å². The number of carbonyl (C=O) groups is 1. The van der Waals surface area contributed by atoms with Crippen molar-refractivity contribution in [2.75, 3.05) is 4.72 Å². The molecule has 150 valence electrons. The van der Waals surface area contributed by atoms with Gasteiger partial charge in [-0.25, -0.2) is 12.8 Å². The fourth-order valence-electron chi connectivity index (χ4n) is 2.75. The Balaban J connectivity index is 1.85. The van der Waals surface area contributed by atoms with E-state index >= 15 is 0 Å². The topological polar surface area (TPSA) is 88.2 Å². The zero-order chi connectivity index (χ0) is 21.0. The van der Waals surface area contributed by atoms with E-state index in [0.29, 0.717) is 5.56 Å². The van der Waals surface area contributed by atoms with Crippen LogP contribution in [0.5, 0.6) is 0 Å². The Morgan fingerprint density at radius 2 is 1.86 bits per heavy atom. The lowest BCUT2D eigenvalue weighted by atomic mass is 10.1. The first-order valence-electron chi connectivity index (χ1n) is 8.87. The molecular formula is C21H20FN3O3S. The Morgan fingerprint density at radius 1 is 1.10 bits per heavy atom. The maximum atomic E-state index is 13.8. The SMILES string of the molecule is Cc1ccc(S(=O)(=O)Nc2ccccc2F)cc1C(=O)N[C@@H](C)c1cccnc1. The van der Waals surface area contributed by atoms with Gasteiger partial charge in [-0.15, -0.1) is 0 Å². The lowest BCUT2D eigenvalue weighted by molar-refractivity contribution is 0.0939. The van der Waals surface area contributed by atoms with Gasteiger partial charge in [0.1, 0.15) is 5.82 Å². The van der Waals surface area contributed by atoms with E-state index in [2.05, 4.69) is 15.0 Å². The van der Waals surface area contributed by atoms with E-state index in [1.165, 1.54) is 30.3 Å². The molecule has 1 amide bonds. The highest BCUT2D eigenvalue weighted by Crippen LogP contribution is 2.22. The number of hydrogen-bond acceptors (Lipinski definition) is 4. The molecule has 0 saturated heterocycles. The number of carbonyl (C=O) groups excluding carboxylic acids is 1. The molecule has 0 spiro atoms. The van der Waals surface area contributed by atoms with E-state index in [1.807, 2.05) is 13.0 Å². The van der Waals surface area contributed by atoms with Gasteiger partial charge in [0.15, 0.2) is 0 Å². The average Bonchev–Trinajstić information content (AvgIpc) is 2.70.